The minimum absolute atomic E-state index is 0.376. The zero-order chi connectivity index (χ0) is 11.3. The predicted molar refractivity (Wildman–Crippen MR) is 53.6 cm³/mol. The zero-order valence-electron chi connectivity index (χ0n) is 8.27. The molecule has 1 aromatic rings. The van der Waals surface area contributed by atoms with Crippen molar-refractivity contribution in [3.8, 4) is 0 Å². The zero-order valence-corrected chi connectivity index (χ0v) is 8.27. The second-order valence-corrected chi connectivity index (χ2v) is 3.40. The van der Waals surface area contributed by atoms with E-state index in [9.17, 15) is 13.2 Å². The molecular weight excluding hydrogens is 203 g/mol. The first-order valence-electron chi connectivity index (χ1n) is 4.85. The smallest absolute Gasteiger partial charge is 0.416 e. The van der Waals surface area contributed by atoms with Crippen LogP contribution in [0, 0.1) is 0 Å². The van der Waals surface area contributed by atoms with Crippen LogP contribution in [-0.2, 0) is 12.6 Å². The van der Waals surface area contributed by atoms with Crippen LogP contribution in [0.15, 0.2) is 24.3 Å². The third-order valence-corrected chi connectivity index (χ3v) is 2.17. The van der Waals surface area contributed by atoms with E-state index >= 15 is 0 Å². The molecule has 0 amide bonds. The van der Waals surface area contributed by atoms with Crippen LogP contribution in [-0.4, -0.2) is 6.54 Å². The molecule has 0 aliphatic heterocycles. The fourth-order valence-corrected chi connectivity index (χ4v) is 1.31. The van der Waals surface area contributed by atoms with Crippen LogP contribution in [0.2, 0.25) is 0 Å². The van der Waals surface area contributed by atoms with Gasteiger partial charge in [-0.3, -0.25) is 0 Å². The van der Waals surface area contributed by atoms with Crippen LogP contribution >= 0.6 is 0 Å². The molecule has 0 unspecified atom stereocenters. The van der Waals surface area contributed by atoms with Crippen molar-refractivity contribution in [3.63, 3.8) is 0 Å². The van der Waals surface area contributed by atoms with Crippen molar-refractivity contribution in [2.75, 3.05) is 6.54 Å². The van der Waals surface area contributed by atoms with Gasteiger partial charge in [0.15, 0.2) is 0 Å². The number of hydrogen-bond acceptors (Lipinski definition) is 0. The minimum Gasteiger partial charge on any atom is -0.677 e. The van der Waals surface area contributed by atoms with Gasteiger partial charge in [0.2, 0.25) is 0 Å². The molecule has 0 aliphatic rings. The summed E-state index contributed by atoms with van der Waals surface area (Å²) < 4.78 is 36.6. The Kier molecular flexibility index (Phi) is 4.15. The van der Waals surface area contributed by atoms with Crippen LogP contribution in [0.1, 0.15) is 24.0 Å². The molecule has 1 rings (SSSR count). The van der Waals surface area contributed by atoms with Crippen molar-refractivity contribution in [2.24, 2.45) is 0 Å². The van der Waals surface area contributed by atoms with Crippen LogP contribution in [0.4, 0.5) is 13.2 Å². The summed E-state index contributed by atoms with van der Waals surface area (Å²) >= 11 is 0. The normalized spacial score (nSPS) is 11.7. The number of hydrogen-bond donors (Lipinski definition) is 0. The van der Waals surface area contributed by atoms with Crippen LogP contribution in [0.25, 0.3) is 5.73 Å². The van der Waals surface area contributed by atoms with Gasteiger partial charge in [0.1, 0.15) is 0 Å². The van der Waals surface area contributed by atoms with E-state index in [0.717, 1.165) is 37.0 Å². The molecule has 0 saturated carbocycles. The standard InChI is InChI=1S/C11H13F3N/c12-11(13,14)10-6-4-9(5-7-10)3-1-2-8-15/h4-7,15H,1-3,8H2/q-1. The van der Waals surface area contributed by atoms with E-state index in [-0.39, 0.29) is 0 Å². The number of alkyl halides is 3. The Labute approximate surface area is 87.1 Å². The number of nitrogens with one attached hydrogen (secondary N) is 1. The average molecular weight is 216 g/mol. The molecule has 15 heavy (non-hydrogen) atoms. The van der Waals surface area contributed by atoms with Crippen molar-refractivity contribution >= 4 is 0 Å². The summed E-state index contributed by atoms with van der Waals surface area (Å²) in [6.45, 7) is 0.376. The van der Waals surface area contributed by atoms with Gasteiger partial charge in [-0.25, -0.2) is 0 Å². The first-order valence-corrected chi connectivity index (χ1v) is 4.85. The van der Waals surface area contributed by atoms with Crippen molar-refractivity contribution in [3.05, 3.63) is 41.1 Å². The van der Waals surface area contributed by atoms with E-state index in [2.05, 4.69) is 0 Å². The molecule has 1 N–H and O–H groups in total. The molecule has 1 aromatic carbocycles. The van der Waals surface area contributed by atoms with Crippen molar-refractivity contribution in [2.45, 2.75) is 25.4 Å². The van der Waals surface area contributed by atoms with Crippen LogP contribution < -0.4 is 0 Å². The molecule has 0 saturated heterocycles. The van der Waals surface area contributed by atoms with Gasteiger partial charge in [-0.1, -0.05) is 25.0 Å². The van der Waals surface area contributed by atoms with E-state index < -0.39 is 11.7 Å². The van der Waals surface area contributed by atoms with Gasteiger partial charge in [0.25, 0.3) is 0 Å². The van der Waals surface area contributed by atoms with Gasteiger partial charge in [-0.2, -0.15) is 19.7 Å². The SMILES string of the molecule is [NH-]CCCCc1ccc(C(F)(F)F)cc1. The molecule has 0 bridgehead atoms. The fraction of sp³-hybridized carbons (Fsp3) is 0.455. The number of rotatable bonds is 4. The third kappa shape index (κ3) is 3.91. The largest absolute Gasteiger partial charge is 0.677 e. The molecule has 0 fully saturated rings. The predicted octanol–water partition coefficient (Wildman–Crippen LogP) is 4.08. The second kappa shape index (κ2) is 5.16. The highest BCUT2D eigenvalue weighted by Gasteiger charge is 2.29. The molecule has 0 spiro atoms. The quantitative estimate of drug-likeness (QED) is 0.677. The minimum atomic E-state index is -4.25. The fourth-order valence-electron chi connectivity index (χ4n) is 1.31. The Morgan fingerprint density at radius 1 is 1.00 bits per heavy atom. The summed E-state index contributed by atoms with van der Waals surface area (Å²) in [5.74, 6) is 0. The van der Waals surface area contributed by atoms with Crippen LogP contribution in [0.3, 0.4) is 0 Å². The molecule has 0 aliphatic carbocycles. The van der Waals surface area contributed by atoms with Gasteiger partial charge in [-0.05, 0) is 24.1 Å². The van der Waals surface area contributed by atoms with Gasteiger partial charge in [0, 0.05) is 0 Å². The molecule has 4 heteroatoms. The van der Waals surface area contributed by atoms with Gasteiger partial charge in [-0.15, -0.1) is 0 Å². The summed E-state index contributed by atoms with van der Waals surface area (Å²) in [5, 5.41) is 0. The summed E-state index contributed by atoms with van der Waals surface area (Å²) in [6, 6.07) is 5.23. The highest BCUT2D eigenvalue weighted by molar-refractivity contribution is 5.24. The lowest BCUT2D eigenvalue weighted by molar-refractivity contribution is -0.137. The summed E-state index contributed by atoms with van der Waals surface area (Å²) in [7, 11) is 0. The number of unbranched alkanes of at least 4 members (excludes halogenated alkanes) is 1. The molecular formula is C11H13F3N-. The number of benzene rings is 1. The Bertz CT molecular complexity index is 290. The summed E-state index contributed by atoms with van der Waals surface area (Å²) in [6.07, 6.45) is -1.85. The van der Waals surface area contributed by atoms with Gasteiger partial charge in [0.05, 0.1) is 5.56 Å². The van der Waals surface area contributed by atoms with E-state index in [1.54, 1.807) is 0 Å². The second-order valence-electron chi connectivity index (χ2n) is 3.40. The molecule has 0 aromatic heterocycles. The first-order chi connectivity index (χ1) is 7.04. The lowest BCUT2D eigenvalue weighted by atomic mass is 10.1. The maximum Gasteiger partial charge on any atom is 0.416 e. The van der Waals surface area contributed by atoms with Crippen molar-refractivity contribution in [1.29, 1.82) is 0 Å². The van der Waals surface area contributed by atoms with Gasteiger partial charge < -0.3 is 5.73 Å². The number of aryl methyl sites for hydroxylation is 1. The first kappa shape index (κ1) is 12.0. The van der Waals surface area contributed by atoms with E-state index in [1.165, 1.54) is 12.1 Å². The van der Waals surface area contributed by atoms with E-state index in [1.807, 2.05) is 0 Å². The Balaban J connectivity index is 2.57. The lowest BCUT2D eigenvalue weighted by Gasteiger charge is -2.07. The summed E-state index contributed by atoms with van der Waals surface area (Å²) in [4.78, 5) is 0. The molecule has 1 nitrogen and oxygen atoms in total. The third-order valence-electron chi connectivity index (χ3n) is 2.17. The highest BCUT2D eigenvalue weighted by atomic mass is 19.4. The van der Waals surface area contributed by atoms with Crippen LogP contribution in [0.5, 0.6) is 0 Å². The highest BCUT2D eigenvalue weighted by Crippen LogP contribution is 2.29. The Morgan fingerprint density at radius 3 is 2.07 bits per heavy atom. The molecule has 0 atom stereocenters. The number of halogens is 3. The van der Waals surface area contributed by atoms with Crippen molar-refractivity contribution in [1.82, 2.24) is 0 Å². The van der Waals surface area contributed by atoms with E-state index in [0.29, 0.717) is 6.54 Å². The molecule has 84 valence electrons. The topological polar surface area (TPSA) is 23.8 Å². The molecule has 0 heterocycles. The maximum absolute atomic E-state index is 12.2. The average Bonchev–Trinajstić information content (AvgIpc) is 2.18. The summed E-state index contributed by atoms with van der Waals surface area (Å²) in [5.41, 5.74) is 7.23. The lowest BCUT2D eigenvalue weighted by Crippen LogP contribution is -2.04. The molecule has 0 radical (unpaired) electrons. The van der Waals surface area contributed by atoms with Gasteiger partial charge >= 0.3 is 6.18 Å². The van der Waals surface area contributed by atoms with Crippen molar-refractivity contribution < 1.29 is 13.2 Å². The Morgan fingerprint density at radius 2 is 1.60 bits per heavy atom. The Hall–Kier alpha value is -1.03. The maximum atomic E-state index is 12.2. The van der Waals surface area contributed by atoms with E-state index in [4.69, 9.17) is 5.73 Å². The monoisotopic (exact) mass is 216 g/mol.